The highest BCUT2D eigenvalue weighted by Crippen LogP contribution is 2.05. The van der Waals surface area contributed by atoms with Crippen LogP contribution in [0.1, 0.15) is 5.56 Å². The third-order valence-corrected chi connectivity index (χ3v) is 5.58. The van der Waals surface area contributed by atoms with Crippen LogP contribution in [0.3, 0.4) is 0 Å². The summed E-state index contributed by atoms with van der Waals surface area (Å²) >= 11 is 6.48. The summed E-state index contributed by atoms with van der Waals surface area (Å²) in [6.07, 6.45) is 0. The van der Waals surface area contributed by atoms with Gasteiger partial charge in [-0.25, -0.2) is 0 Å². The second kappa shape index (κ2) is 5.15. The van der Waals surface area contributed by atoms with E-state index in [1.807, 2.05) is 12.1 Å². The average Bonchev–Trinajstić information content (AvgIpc) is 2.31. The van der Waals surface area contributed by atoms with Crippen molar-refractivity contribution in [2.45, 2.75) is 6.04 Å². The monoisotopic (exact) mass is 232 g/mol. The minimum absolute atomic E-state index is 1.02. The summed E-state index contributed by atoms with van der Waals surface area (Å²) in [7, 11) is -1.31. The van der Waals surface area contributed by atoms with Crippen LogP contribution in [0.25, 0.3) is 0 Å². The van der Waals surface area contributed by atoms with Crippen LogP contribution in [0, 0.1) is 0 Å². The van der Waals surface area contributed by atoms with E-state index in [2.05, 4.69) is 48.5 Å². The van der Waals surface area contributed by atoms with Crippen LogP contribution in [0.4, 0.5) is 0 Å². The van der Waals surface area contributed by atoms with E-state index >= 15 is 0 Å². The van der Waals surface area contributed by atoms with E-state index in [0.717, 1.165) is 6.04 Å². The van der Waals surface area contributed by atoms with Crippen molar-refractivity contribution in [2.24, 2.45) is 0 Å². The van der Waals surface area contributed by atoms with E-state index in [0.29, 0.717) is 0 Å². The molecule has 0 amide bonds. The van der Waals surface area contributed by atoms with E-state index in [1.54, 1.807) is 0 Å². The smallest absolute Gasteiger partial charge is 0.165 e. The fourth-order valence-electron chi connectivity index (χ4n) is 1.60. The van der Waals surface area contributed by atoms with E-state index in [9.17, 15) is 0 Å². The molecule has 0 saturated carbocycles. The molecular formula is C13H13ClSi. The molecule has 15 heavy (non-hydrogen) atoms. The number of benzene rings is 2. The lowest BCUT2D eigenvalue weighted by Crippen LogP contribution is -2.26. The van der Waals surface area contributed by atoms with Crippen molar-refractivity contribution in [3.63, 3.8) is 0 Å². The van der Waals surface area contributed by atoms with Crippen molar-refractivity contribution in [1.82, 2.24) is 0 Å². The third-order valence-electron chi connectivity index (χ3n) is 2.42. The summed E-state index contributed by atoms with van der Waals surface area (Å²) in [6, 6.07) is 21.9. The Morgan fingerprint density at radius 2 is 1.33 bits per heavy atom. The first-order chi connectivity index (χ1) is 7.36. The SMILES string of the molecule is Cl[SiH](Cc1ccccc1)c1ccccc1. The van der Waals surface area contributed by atoms with Gasteiger partial charge in [-0.1, -0.05) is 60.7 Å². The quantitative estimate of drug-likeness (QED) is 0.564. The molecule has 1 unspecified atom stereocenters. The van der Waals surface area contributed by atoms with E-state index in [1.165, 1.54) is 10.8 Å². The summed E-state index contributed by atoms with van der Waals surface area (Å²) in [4.78, 5) is 0. The third kappa shape index (κ3) is 2.95. The number of halogens is 1. The summed E-state index contributed by atoms with van der Waals surface area (Å²) in [6.45, 7) is 0. The van der Waals surface area contributed by atoms with Gasteiger partial charge in [-0.05, 0) is 16.8 Å². The summed E-state index contributed by atoms with van der Waals surface area (Å²) in [5, 5.41) is 1.32. The van der Waals surface area contributed by atoms with E-state index in [-0.39, 0.29) is 0 Å². The highest BCUT2D eigenvalue weighted by Gasteiger charge is 2.09. The highest BCUT2D eigenvalue weighted by atomic mass is 35.6. The number of hydrogen-bond donors (Lipinski definition) is 0. The lowest BCUT2D eigenvalue weighted by molar-refractivity contribution is 1.38. The Balaban J connectivity index is 2.08. The van der Waals surface area contributed by atoms with Crippen molar-refractivity contribution in [3.8, 4) is 0 Å². The number of rotatable bonds is 3. The Kier molecular flexibility index (Phi) is 3.59. The Hall–Kier alpha value is -1.05. The van der Waals surface area contributed by atoms with Crippen molar-refractivity contribution < 1.29 is 0 Å². The van der Waals surface area contributed by atoms with Gasteiger partial charge in [0.05, 0.1) is 0 Å². The maximum Gasteiger partial charge on any atom is 0.175 e. The normalized spacial score (nSPS) is 12.3. The molecule has 76 valence electrons. The summed E-state index contributed by atoms with van der Waals surface area (Å²) in [5.74, 6) is 0. The average molecular weight is 233 g/mol. The Bertz CT molecular complexity index is 399. The van der Waals surface area contributed by atoms with Gasteiger partial charge in [0.1, 0.15) is 0 Å². The van der Waals surface area contributed by atoms with Crippen LogP contribution >= 0.6 is 11.1 Å². The molecule has 2 aromatic carbocycles. The fraction of sp³-hybridized carbons (Fsp3) is 0.0769. The Labute approximate surface area is 96.8 Å². The summed E-state index contributed by atoms with van der Waals surface area (Å²) in [5.41, 5.74) is 1.34. The predicted molar refractivity (Wildman–Crippen MR) is 69.2 cm³/mol. The van der Waals surface area contributed by atoms with Gasteiger partial charge in [0.25, 0.3) is 0 Å². The molecule has 0 aliphatic carbocycles. The van der Waals surface area contributed by atoms with E-state index in [4.69, 9.17) is 11.1 Å². The topological polar surface area (TPSA) is 0 Å². The molecule has 0 aromatic heterocycles. The predicted octanol–water partition coefficient (Wildman–Crippen LogP) is 2.64. The molecular weight excluding hydrogens is 220 g/mol. The molecule has 0 nitrogen and oxygen atoms in total. The molecule has 0 aliphatic heterocycles. The molecule has 0 N–H and O–H groups in total. The second-order valence-corrected chi connectivity index (χ2v) is 7.16. The van der Waals surface area contributed by atoms with Gasteiger partial charge in [0.15, 0.2) is 8.11 Å². The first-order valence-electron chi connectivity index (χ1n) is 5.09. The minimum atomic E-state index is -1.31. The van der Waals surface area contributed by atoms with Gasteiger partial charge >= 0.3 is 0 Å². The van der Waals surface area contributed by atoms with Crippen LogP contribution in [0.15, 0.2) is 60.7 Å². The molecule has 0 aliphatic rings. The minimum Gasteiger partial charge on any atom is -0.165 e. The molecule has 0 fully saturated rings. The van der Waals surface area contributed by atoms with Crippen LogP contribution in [0.2, 0.25) is 0 Å². The lowest BCUT2D eigenvalue weighted by Gasteiger charge is -2.07. The van der Waals surface area contributed by atoms with Crippen LogP contribution in [0.5, 0.6) is 0 Å². The van der Waals surface area contributed by atoms with Crippen LogP contribution < -0.4 is 5.19 Å². The zero-order valence-electron chi connectivity index (χ0n) is 8.44. The van der Waals surface area contributed by atoms with Crippen molar-refractivity contribution in [1.29, 1.82) is 0 Å². The van der Waals surface area contributed by atoms with E-state index < -0.39 is 8.11 Å². The first-order valence-corrected chi connectivity index (χ1v) is 8.23. The Morgan fingerprint density at radius 1 is 0.800 bits per heavy atom. The standard InChI is InChI=1S/C13H13ClSi/c14-15(13-9-5-2-6-10-13)11-12-7-3-1-4-8-12/h1-10,15H,11H2. The molecule has 0 bridgehead atoms. The molecule has 0 spiro atoms. The van der Waals surface area contributed by atoms with Gasteiger partial charge in [0, 0.05) is 0 Å². The van der Waals surface area contributed by atoms with Crippen molar-refractivity contribution in [3.05, 3.63) is 66.2 Å². The molecule has 0 heterocycles. The lowest BCUT2D eigenvalue weighted by atomic mass is 10.2. The van der Waals surface area contributed by atoms with Gasteiger partial charge in [-0.3, -0.25) is 0 Å². The number of hydrogen-bond acceptors (Lipinski definition) is 0. The first kappa shape index (κ1) is 10.5. The zero-order chi connectivity index (χ0) is 10.5. The molecule has 2 aromatic rings. The van der Waals surface area contributed by atoms with Gasteiger partial charge in [-0.15, -0.1) is 0 Å². The molecule has 0 radical (unpaired) electrons. The zero-order valence-corrected chi connectivity index (χ0v) is 10.3. The highest BCUT2D eigenvalue weighted by molar-refractivity contribution is 7.13. The van der Waals surface area contributed by atoms with Crippen molar-refractivity contribution in [2.75, 3.05) is 0 Å². The fourth-order valence-corrected chi connectivity index (χ4v) is 4.13. The Morgan fingerprint density at radius 3 is 1.93 bits per heavy atom. The van der Waals surface area contributed by atoms with Gasteiger partial charge in [0.2, 0.25) is 0 Å². The second-order valence-electron chi connectivity index (χ2n) is 3.57. The largest absolute Gasteiger partial charge is 0.175 e. The maximum absolute atomic E-state index is 6.48. The molecule has 2 rings (SSSR count). The van der Waals surface area contributed by atoms with Gasteiger partial charge in [-0.2, -0.15) is 11.1 Å². The van der Waals surface area contributed by atoms with Crippen LogP contribution in [-0.2, 0) is 6.04 Å². The van der Waals surface area contributed by atoms with Crippen LogP contribution in [-0.4, -0.2) is 8.11 Å². The molecule has 0 saturated heterocycles. The van der Waals surface area contributed by atoms with Crippen molar-refractivity contribution >= 4 is 24.4 Å². The molecule has 1 atom stereocenters. The maximum atomic E-state index is 6.48. The van der Waals surface area contributed by atoms with Gasteiger partial charge < -0.3 is 0 Å². The summed E-state index contributed by atoms with van der Waals surface area (Å²) < 4.78 is 0. The molecule has 2 heteroatoms.